The lowest BCUT2D eigenvalue weighted by atomic mass is 9.93. The van der Waals surface area contributed by atoms with E-state index in [9.17, 15) is 0 Å². The van der Waals surface area contributed by atoms with Crippen LogP contribution < -0.4 is 0 Å². The Kier molecular flexibility index (Phi) is 3.98. The zero-order valence-electron chi connectivity index (χ0n) is 9.90. The molecule has 1 aliphatic rings. The average molecular weight is 255 g/mol. The third-order valence-electron chi connectivity index (χ3n) is 2.19. The zero-order valence-corrected chi connectivity index (χ0v) is 11.4. The number of alkyl halides is 2. The highest BCUT2D eigenvalue weighted by atomic mass is 35.5. The fraction of sp³-hybridized carbons (Fsp3) is 1.00. The maximum absolute atomic E-state index is 6.23. The predicted octanol–water partition coefficient (Wildman–Crippen LogP) is 3.54. The Morgan fingerprint density at radius 3 is 1.53 bits per heavy atom. The van der Waals surface area contributed by atoms with Gasteiger partial charge in [0.25, 0.3) is 0 Å². The van der Waals surface area contributed by atoms with Gasteiger partial charge in [0.1, 0.15) is 0 Å². The van der Waals surface area contributed by atoms with Crippen LogP contribution in [0.25, 0.3) is 0 Å². The first-order chi connectivity index (χ1) is 6.62. The van der Waals surface area contributed by atoms with Crippen molar-refractivity contribution in [1.29, 1.82) is 0 Å². The summed E-state index contributed by atoms with van der Waals surface area (Å²) in [5.41, 5.74) is 0. The molecular weight excluding hydrogens is 235 g/mol. The molecule has 1 aliphatic heterocycles. The topological polar surface area (TPSA) is 18.5 Å². The van der Waals surface area contributed by atoms with Crippen LogP contribution in [0.1, 0.15) is 40.5 Å². The van der Waals surface area contributed by atoms with E-state index in [0.717, 1.165) is 0 Å². The Balaban J connectivity index is 2.71. The first-order valence-electron chi connectivity index (χ1n) is 5.28. The lowest BCUT2D eigenvalue weighted by molar-refractivity contribution is -0.174. The Hall–Kier alpha value is 0.500. The van der Waals surface area contributed by atoms with Crippen molar-refractivity contribution in [3.8, 4) is 0 Å². The molecule has 4 heteroatoms. The molecule has 0 saturated carbocycles. The molecule has 90 valence electrons. The van der Waals surface area contributed by atoms with Crippen molar-refractivity contribution in [2.75, 3.05) is 13.2 Å². The van der Waals surface area contributed by atoms with E-state index >= 15 is 0 Å². The van der Waals surface area contributed by atoms with E-state index in [1.54, 1.807) is 0 Å². The van der Waals surface area contributed by atoms with Crippen molar-refractivity contribution in [3.63, 3.8) is 0 Å². The number of halogens is 2. The van der Waals surface area contributed by atoms with Gasteiger partial charge in [-0.3, -0.25) is 0 Å². The summed E-state index contributed by atoms with van der Waals surface area (Å²) in [6.07, 6.45) is 1.30. The van der Waals surface area contributed by atoms with Crippen LogP contribution in [0.3, 0.4) is 0 Å². The van der Waals surface area contributed by atoms with E-state index in [1.165, 1.54) is 0 Å². The van der Waals surface area contributed by atoms with Crippen molar-refractivity contribution in [2.45, 2.75) is 56.1 Å². The Morgan fingerprint density at radius 2 is 1.27 bits per heavy atom. The quantitative estimate of drug-likeness (QED) is 0.715. The van der Waals surface area contributed by atoms with Gasteiger partial charge in [0.05, 0.1) is 13.2 Å². The zero-order chi connectivity index (χ0) is 11.7. The first kappa shape index (κ1) is 13.6. The van der Waals surface area contributed by atoms with Gasteiger partial charge in [0.2, 0.25) is 0 Å². The van der Waals surface area contributed by atoms with Crippen LogP contribution in [0.15, 0.2) is 0 Å². The van der Waals surface area contributed by atoms with Crippen molar-refractivity contribution >= 4 is 23.2 Å². The maximum atomic E-state index is 6.23. The van der Waals surface area contributed by atoms with E-state index in [4.69, 9.17) is 32.7 Å². The highest BCUT2D eigenvalue weighted by Gasteiger charge is 2.44. The summed E-state index contributed by atoms with van der Waals surface area (Å²) in [6.45, 7) is 9.09. The minimum Gasteiger partial charge on any atom is -0.347 e. The molecular formula is C11H20Cl2O2. The lowest BCUT2D eigenvalue weighted by Gasteiger charge is -2.36. The van der Waals surface area contributed by atoms with Crippen molar-refractivity contribution in [2.24, 2.45) is 0 Å². The van der Waals surface area contributed by atoms with E-state index in [1.807, 2.05) is 27.7 Å². The van der Waals surface area contributed by atoms with Gasteiger partial charge >= 0.3 is 0 Å². The van der Waals surface area contributed by atoms with Crippen LogP contribution in [-0.4, -0.2) is 28.7 Å². The van der Waals surface area contributed by atoms with Crippen LogP contribution in [0.2, 0.25) is 0 Å². The molecule has 0 aromatic heterocycles. The molecule has 1 fully saturated rings. The standard InChI is InChI=1S/C11H20Cl2O2/c1-9(2,12)7-11(8-10(3,4)13)14-5-6-15-11/h5-8H2,1-4H3. The SMILES string of the molecule is CC(C)(Cl)CC1(CC(C)(C)Cl)OCCO1. The highest BCUT2D eigenvalue weighted by Crippen LogP contribution is 2.39. The average Bonchev–Trinajstić information content (AvgIpc) is 2.27. The molecule has 1 rings (SSSR count). The van der Waals surface area contributed by atoms with Gasteiger partial charge in [0, 0.05) is 22.6 Å². The van der Waals surface area contributed by atoms with Crippen molar-refractivity contribution < 1.29 is 9.47 Å². The number of ether oxygens (including phenoxy) is 2. The molecule has 0 amide bonds. The minimum absolute atomic E-state index is 0.341. The van der Waals surface area contributed by atoms with E-state index in [0.29, 0.717) is 26.1 Å². The molecule has 2 nitrogen and oxygen atoms in total. The van der Waals surface area contributed by atoms with E-state index < -0.39 is 5.79 Å². The van der Waals surface area contributed by atoms with Crippen molar-refractivity contribution in [3.05, 3.63) is 0 Å². The maximum Gasteiger partial charge on any atom is 0.171 e. The molecule has 1 heterocycles. The van der Waals surface area contributed by atoms with Crippen LogP contribution >= 0.6 is 23.2 Å². The summed E-state index contributed by atoms with van der Waals surface area (Å²) in [6, 6.07) is 0. The number of rotatable bonds is 4. The Labute approximate surface area is 102 Å². The van der Waals surface area contributed by atoms with Gasteiger partial charge in [-0.1, -0.05) is 0 Å². The summed E-state index contributed by atoms with van der Waals surface area (Å²) < 4.78 is 11.4. The van der Waals surface area contributed by atoms with Crippen LogP contribution in [-0.2, 0) is 9.47 Å². The molecule has 15 heavy (non-hydrogen) atoms. The normalized spacial score (nSPS) is 22.0. The molecule has 0 atom stereocenters. The van der Waals surface area contributed by atoms with Gasteiger partial charge < -0.3 is 9.47 Å². The summed E-state index contributed by atoms with van der Waals surface area (Å²) in [5, 5.41) is 0. The fourth-order valence-corrected chi connectivity index (χ4v) is 2.45. The third kappa shape index (κ3) is 4.90. The molecule has 0 radical (unpaired) electrons. The van der Waals surface area contributed by atoms with Crippen molar-refractivity contribution in [1.82, 2.24) is 0 Å². The van der Waals surface area contributed by atoms with Gasteiger partial charge in [-0.2, -0.15) is 0 Å². The van der Waals surface area contributed by atoms with Gasteiger partial charge in [0.15, 0.2) is 5.79 Å². The van der Waals surface area contributed by atoms with Gasteiger partial charge in [-0.25, -0.2) is 0 Å². The van der Waals surface area contributed by atoms with Gasteiger partial charge in [-0.05, 0) is 27.7 Å². The van der Waals surface area contributed by atoms with E-state index in [2.05, 4.69) is 0 Å². The molecule has 0 spiro atoms. The summed E-state index contributed by atoms with van der Waals surface area (Å²) >= 11 is 12.5. The van der Waals surface area contributed by atoms with Crippen LogP contribution in [0.4, 0.5) is 0 Å². The molecule has 0 aliphatic carbocycles. The Morgan fingerprint density at radius 1 is 0.933 bits per heavy atom. The largest absolute Gasteiger partial charge is 0.347 e. The second-order valence-electron chi connectivity index (χ2n) is 5.40. The monoisotopic (exact) mass is 254 g/mol. The molecule has 1 saturated heterocycles. The molecule has 0 bridgehead atoms. The van der Waals surface area contributed by atoms with Crippen LogP contribution in [0, 0.1) is 0 Å². The minimum atomic E-state index is -0.601. The Bertz CT molecular complexity index is 192. The number of hydrogen-bond acceptors (Lipinski definition) is 2. The number of hydrogen-bond donors (Lipinski definition) is 0. The van der Waals surface area contributed by atoms with E-state index in [-0.39, 0.29) is 9.75 Å². The van der Waals surface area contributed by atoms with Gasteiger partial charge in [-0.15, -0.1) is 23.2 Å². The highest BCUT2D eigenvalue weighted by molar-refractivity contribution is 6.24. The smallest absolute Gasteiger partial charge is 0.171 e. The third-order valence-corrected chi connectivity index (χ3v) is 2.46. The second-order valence-corrected chi connectivity index (χ2v) is 7.44. The molecule has 0 aromatic carbocycles. The molecule has 0 aromatic rings. The summed E-state index contributed by atoms with van der Waals surface area (Å²) in [5.74, 6) is -0.601. The summed E-state index contributed by atoms with van der Waals surface area (Å²) in [7, 11) is 0. The lowest BCUT2D eigenvalue weighted by Crippen LogP contribution is -2.41. The predicted molar refractivity (Wildman–Crippen MR) is 63.7 cm³/mol. The second kappa shape index (κ2) is 4.40. The first-order valence-corrected chi connectivity index (χ1v) is 6.03. The molecule has 0 unspecified atom stereocenters. The fourth-order valence-electron chi connectivity index (χ4n) is 2.04. The summed E-state index contributed by atoms with van der Waals surface area (Å²) in [4.78, 5) is -0.682. The van der Waals surface area contributed by atoms with Crippen LogP contribution in [0.5, 0.6) is 0 Å². The molecule has 0 N–H and O–H groups in total.